The molecule has 1 aromatic rings. The van der Waals surface area contributed by atoms with Crippen molar-refractivity contribution < 1.29 is 0 Å². The van der Waals surface area contributed by atoms with Crippen molar-refractivity contribution in [2.45, 2.75) is 71.5 Å². The zero-order valence-corrected chi connectivity index (χ0v) is 13.9. The minimum atomic E-state index is 0.399. The van der Waals surface area contributed by atoms with Gasteiger partial charge >= 0.3 is 0 Å². The fourth-order valence-corrected chi connectivity index (χ4v) is 4.50. The van der Waals surface area contributed by atoms with Crippen molar-refractivity contribution in [3.8, 4) is 0 Å². The van der Waals surface area contributed by atoms with E-state index in [1.165, 1.54) is 55.6 Å². The van der Waals surface area contributed by atoms with Crippen molar-refractivity contribution in [3.63, 3.8) is 0 Å². The number of nitrogens with zero attached hydrogens (tertiary/aromatic N) is 2. The molecule has 0 aliphatic carbocycles. The molecule has 2 aliphatic heterocycles. The summed E-state index contributed by atoms with van der Waals surface area (Å²) in [5.74, 6) is 0. The highest BCUT2D eigenvalue weighted by Crippen LogP contribution is 2.29. The Kier molecular flexibility index (Phi) is 4.32. The summed E-state index contributed by atoms with van der Waals surface area (Å²) < 4.78 is 0. The quantitative estimate of drug-likeness (QED) is 0.924. The van der Waals surface area contributed by atoms with E-state index in [0.717, 1.165) is 11.7 Å². The number of piperidine rings is 1. The topological polar surface area (TPSA) is 28.2 Å². The molecule has 0 bridgehead atoms. The van der Waals surface area contributed by atoms with Crippen LogP contribution in [0.25, 0.3) is 0 Å². The smallest absolute Gasteiger partial charge is 0.0426 e. The van der Waals surface area contributed by atoms with E-state index >= 15 is 0 Å². The zero-order chi connectivity index (χ0) is 15.0. The fraction of sp³-hybridized carbons (Fsp3) is 0.722. The summed E-state index contributed by atoms with van der Waals surface area (Å²) in [5, 5.41) is 3.88. The van der Waals surface area contributed by atoms with E-state index in [4.69, 9.17) is 0 Å². The number of aromatic nitrogens is 1. The van der Waals surface area contributed by atoms with Gasteiger partial charge in [0.05, 0.1) is 0 Å². The van der Waals surface area contributed by atoms with Crippen LogP contribution in [0.2, 0.25) is 0 Å². The summed E-state index contributed by atoms with van der Waals surface area (Å²) in [6.45, 7) is 11.3. The van der Waals surface area contributed by atoms with Gasteiger partial charge in [0, 0.05) is 29.5 Å². The molecule has 3 heterocycles. The molecule has 2 fully saturated rings. The Bertz CT molecular complexity index is 488. The number of fused-ring (bicyclic) bond motifs is 1. The van der Waals surface area contributed by atoms with E-state index in [2.05, 4.69) is 49.0 Å². The first-order valence-electron chi connectivity index (χ1n) is 8.49. The molecule has 0 spiro atoms. The molecule has 21 heavy (non-hydrogen) atoms. The van der Waals surface area contributed by atoms with Crippen molar-refractivity contribution in [3.05, 3.63) is 28.6 Å². The predicted octanol–water partition coefficient (Wildman–Crippen LogP) is 3.28. The Hall–Kier alpha value is -0.930. The number of aryl methyl sites for hydroxylation is 3. The molecule has 3 rings (SSSR count). The fourth-order valence-electron chi connectivity index (χ4n) is 4.50. The van der Waals surface area contributed by atoms with Gasteiger partial charge in [-0.2, -0.15) is 0 Å². The SMILES string of the molecule is Cc1cc(C)c(C(C)NC2CCN3CCCC3C2)c(C)n1. The summed E-state index contributed by atoms with van der Waals surface area (Å²) in [4.78, 5) is 7.34. The molecule has 3 nitrogen and oxygen atoms in total. The number of nitrogens with one attached hydrogen (secondary N) is 1. The molecule has 3 atom stereocenters. The molecule has 1 N–H and O–H groups in total. The van der Waals surface area contributed by atoms with Gasteiger partial charge < -0.3 is 10.2 Å². The average molecular weight is 287 g/mol. The highest BCUT2D eigenvalue weighted by atomic mass is 15.2. The third-order valence-corrected chi connectivity index (χ3v) is 5.32. The van der Waals surface area contributed by atoms with E-state index in [9.17, 15) is 0 Å². The maximum atomic E-state index is 4.65. The lowest BCUT2D eigenvalue weighted by molar-refractivity contribution is 0.162. The van der Waals surface area contributed by atoms with Crippen LogP contribution in [-0.2, 0) is 0 Å². The van der Waals surface area contributed by atoms with Crippen LogP contribution in [0.4, 0.5) is 0 Å². The molecule has 0 amide bonds. The molecule has 1 aromatic heterocycles. The number of hydrogen-bond acceptors (Lipinski definition) is 3. The maximum Gasteiger partial charge on any atom is 0.0426 e. The Labute approximate surface area is 129 Å². The molecule has 0 aromatic carbocycles. The summed E-state index contributed by atoms with van der Waals surface area (Å²) in [6.07, 6.45) is 5.41. The molecule has 3 unspecified atom stereocenters. The first-order valence-corrected chi connectivity index (χ1v) is 8.49. The highest BCUT2D eigenvalue weighted by molar-refractivity contribution is 5.33. The van der Waals surface area contributed by atoms with Gasteiger partial charge in [-0.15, -0.1) is 0 Å². The molecule has 2 aliphatic rings. The summed E-state index contributed by atoms with van der Waals surface area (Å²) in [7, 11) is 0. The first kappa shape index (κ1) is 15.0. The highest BCUT2D eigenvalue weighted by Gasteiger charge is 2.32. The van der Waals surface area contributed by atoms with Crippen LogP contribution in [0.3, 0.4) is 0 Å². The second-order valence-corrected chi connectivity index (χ2v) is 7.02. The lowest BCUT2D eigenvalue weighted by Crippen LogP contribution is -2.46. The van der Waals surface area contributed by atoms with Crippen molar-refractivity contribution in [1.82, 2.24) is 15.2 Å². The van der Waals surface area contributed by atoms with Gasteiger partial charge in [0.15, 0.2) is 0 Å². The van der Waals surface area contributed by atoms with Gasteiger partial charge in [0.2, 0.25) is 0 Å². The molecule has 116 valence electrons. The maximum absolute atomic E-state index is 4.65. The van der Waals surface area contributed by atoms with Crippen molar-refractivity contribution in [2.24, 2.45) is 0 Å². The predicted molar refractivity (Wildman–Crippen MR) is 87.6 cm³/mol. The number of pyridine rings is 1. The summed E-state index contributed by atoms with van der Waals surface area (Å²) >= 11 is 0. The molecule has 3 heteroatoms. The monoisotopic (exact) mass is 287 g/mol. The number of hydrogen-bond donors (Lipinski definition) is 1. The summed E-state index contributed by atoms with van der Waals surface area (Å²) in [5.41, 5.74) is 5.08. The Balaban J connectivity index is 1.68. The third kappa shape index (κ3) is 3.14. The van der Waals surface area contributed by atoms with Gasteiger partial charge in [0.1, 0.15) is 0 Å². The minimum absolute atomic E-state index is 0.399. The normalized spacial score (nSPS) is 27.6. The average Bonchev–Trinajstić information content (AvgIpc) is 2.84. The van der Waals surface area contributed by atoms with E-state index in [0.29, 0.717) is 12.1 Å². The first-order chi connectivity index (χ1) is 10.0. The lowest BCUT2D eigenvalue weighted by atomic mass is 9.94. The van der Waals surface area contributed by atoms with Crippen LogP contribution >= 0.6 is 0 Å². The third-order valence-electron chi connectivity index (χ3n) is 5.32. The molecular weight excluding hydrogens is 258 g/mol. The Morgan fingerprint density at radius 3 is 2.81 bits per heavy atom. The van der Waals surface area contributed by atoms with Crippen molar-refractivity contribution in [1.29, 1.82) is 0 Å². The minimum Gasteiger partial charge on any atom is -0.307 e. The van der Waals surface area contributed by atoms with Crippen LogP contribution in [0.5, 0.6) is 0 Å². The standard InChI is InChI=1S/C18H29N3/c1-12-10-13(2)19-14(3)18(12)15(4)20-16-7-9-21-8-5-6-17(21)11-16/h10,15-17,20H,5-9,11H2,1-4H3. The summed E-state index contributed by atoms with van der Waals surface area (Å²) in [6, 6.07) is 4.11. The van der Waals surface area contributed by atoms with Gasteiger partial charge in [-0.25, -0.2) is 0 Å². The van der Waals surface area contributed by atoms with E-state index in [1.54, 1.807) is 0 Å². The number of rotatable bonds is 3. The van der Waals surface area contributed by atoms with Crippen LogP contribution in [-0.4, -0.2) is 35.1 Å². The Morgan fingerprint density at radius 1 is 1.24 bits per heavy atom. The largest absolute Gasteiger partial charge is 0.307 e. The second-order valence-electron chi connectivity index (χ2n) is 7.02. The van der Waals surface area contributed by atoms with Crippen LogP contribution in [0, 0.1) is 20.8 Å². The second kappa shape index (κ2) is 6.05. The van der Waals surface area contributed by atoms with Crippen LogP contribution < -0.4 is 5.32 Å². The van der Waals surface area contributed by atoms with E-state index in [-0.39, 0.29) is 0 Å². The van der Waals surface area contributed by atoms with Gasteiger partial charge in [-0.1, -0.05) is 0 Å². The van der Waals surface area contributed by atoms with Crippen LogP contribution in [0.15, 0.2) is 6.07 Å². The Morgan fingerprint density at radius 2 is 2.05 bits per heavy atom. The van der Waals surface area contributed by atoms with E-state index < -0.39 is 0 Å². The van der Waals surface area contributed by atoms with Crippen LogP contribution in [0.1, 0.15) is 61.2 Å². The van der Waals surface area contributed by atoms with E-state index in [1.807, 2.05) is 0 Å². The van der Waals surface area contributed by atoms with Gasteiger partial charge in [-0.3, -0.25) is 4.98 Å². The van der Waals surface area contributed by atoms with Gasteiger partial charge in [0.25, 0.3) is 0 Å². The molecule has 2 saturated heterocycles. The molecule has 0 saturated carbocycles. The van der Waals surface area contributed by atoms with Crippen molar-refractivity contribution in [2.75, 3.05) is 13.1 Å². The molecule has 0 radical (unpaired) electrons. The van der Waals surface area contributed by atoms with Gasteiger partial charge in [-0.05, 0) is 83.7 Å². The van der Waals surface area contributed by atoms with Crippen molar-refractivity contribution >= 4 is 0 Å². The lowest BCUT2D eigenvalue weighted by Gasteiger charge is -2.37. The molecular formula is C18H29N3. The zero-order valence-electron chi connectivity index (χ0n) is 13.9.